The van der Waals surface area contributed by atoms with Crippen molar-refractivity contribution in [2.45, 2.75) is 29.4 Å². The molecule has 1 atom stereocenters. The Labute approximate surface area is 182 Å². The minimum Gasteiger partial charge on any atom is -0.332 e. The van der Waals surface area contributed by atoms with Crippen molar-refractivity contribution >= 4 is 42.7 Å². The number of nitrogens with zero attached hydrogens (tertiary/aromatic N) is 4. The fourth-order valence-electron chi connectivity index (χ4n) is 2.68. The Morgan fingerprint density at radius 1 is 1.26 bits per heavy atom. The highest BCUT2D eigenvalue weighted by atomic mass is 79.9. The molecule has 162 valence electrons. The molecule has 0 saturated carbocycles. The first-order valence-electron chi connectivity index (χ1n) is 8.48. The summed E-state index contributed by atoms with van der Waals surface area (Å²) in [6.07, 6.45) is 3.18. The molecule has 3 rings (SSSR count). The van der Waals surface area contributed by atoms with Crippen LogP contribution in [0.15, 0.2) is 52.1 Å². The van der Waals surface area contributed by atoms with Crippen molar-refractivity contribution in [3.63, 3.8) is 0 Å². The van der Waals surface area contributed by atoms with E-state index in [0.717, 1.165) is 16.6 Å². The Hall–Kier alpha value is -2.98. The summed E-state index contributed by atoms with van der Waals surface area (Å²) in [7, 11) is -5.52. The van der Waals surface area contributed by atoms with Crippen LogP contribution >= 0.6 is 15.9 Å². The fraction of sp³-hybridized carbons (Fsp3) is 0.222. The number of carbonyl (C=O) groups is 1. The summed E-state index contributed by atoms with van der Waals surface area (Å²) in [5, 5.41) is 16.4. The molecule has 2 aromatic heterocycles. The zero-order valence-corrected chi connectivity index (χ0v) is 18.1. The van der Waals surface area contributed by atoms with Crippen LogP contribution in [0.5, 0.6) is 0 Å². The number of benzene rings is 1. The zero-order valence-electron chi connectivity index (χ0n) is 15.7. The maximum atomic E-state index is 12.6. The van der Waals surface area contributed by atoms with Crippen LogP contribution in [0.25, 0.3) is 11.0 Å². The van der Waals surface area contributed by atoms with Crippen molar-refractivity contribution in [1.82, 2.24) is 20.1 Å². The molecule has 3 aromatic rings. The zero-order chi connectivity index (χ0) is 23.0. The molecular weight excluding hydrogens is 503 g/mol. The van der Waals surface area contributed by atoms with Crippen molar-refractivity contribution in [2.75, 3.05) is 0 Å². The van der Waals surface area contributed by atoms with E-state index in [1.54, 1.807) is 18.5 Å². The molecule has 0 radical (unpaired) electrons. The molecule has 8 nitrogen and oxygen atoms in total. The van der Waals surface area contributed by atoms with Crippen LogP contribution in [0, 0.1) is 11.3 Å². The predicted molar refractivity (Wildman–Crippen MR) is 106 cm³/mol. The lowest BCUT2D eigenvalue weighted by molar-refractivity contribution is -0.0436. The van der Waals surface area contributed by atoms with E-state index in [1.165, 1.54) is 11.6 Å². The summed E-state index contributed by atoms with van der Waals surface area (Å²) in [5.41, 5.74) is -5.83. The molecule has 0 bridgehead atoms. The number of rotatable bonds is 5. The molecule has 1 amide bonds. The number of carbonyl (C=O) groups excluding carboxylic acids is 1. The Kier molecular flexibility index (Phi) is 5.81. The molecule has 2 heterocycles. The number of alkyl halides is 3. The van der Waals surface area contributed by atoms with Gasteiger partial charge < -0.3 is 5.32 Å². The van der Waals surface area contributed by atoms with Gasteiger partial charge in [0.05, 0.1) is 23.7 Å². The van der Waals surface area contributed by atoms with Crippen LogP contribution in [0.1, 0.15) is 17.3 Å². The summed E-state index contributed by atoms with van der Waals surface area (Å²) in [5.74, 6) is -0.766. The molecule has 31 heavy (non-hydrogen) atoms. The lowest BCUT2D eigenvalue weighted by Gasteiger charge is -2.23. The second kappa shape index (κ2) is 7.93. The number of nitrogens with one attached hydrogen (secondary N) is 1. The van der Waals surface area contributed by atoms with Gasteiger partial charge in [0.15, 0.2) is 0 Å². The topological polar surface area (TPSA) is 118 Å². The normalized spacial score (nSPS) is 14.1. The van der Waals surface area contributed by atoms with E-state index >= 15 is 0 Å². The van der Waals surface area contributed by atoms with Crippen molar-refractivity contribution in [2.24, 2.45) is 0 Å². The van der Waals surface area contributed by atoms with E-state index in [4.69, 9.17) is 0 Å². The van der Waals surface area contributed by atoms with E-state index in [1.807, 2.05) is 6.07 Å². The van der Waals surface area contributed by atoms with Crippen molar-refractivity contribution in [3.8, 4) is 6.07 Å². The highest BCUT2D eigenvalue weighted by Crippen LogP contribution is 2.30. The molecule has 0 saturated heterocycles. The Morgan fingerprint density at radius 3 is 2.48 bits per heavy atom. The Bertz CT molecular complexity index is 1300. The van der Waals surface area contributed by atoms with Crippen molar-refractivity contribution in [3.05, 3.63) is 52.8 Å². The van der Waals surface area contributed by atoms with Gasteiger partial charge in [-0.15, -0.1) is 0 Å². The van der Waals surface area contributed by atoms with Gasteiger partial charge in [-0.1, -0.05) is 0 Å². The first kappa shape index (κ1) is 22.7. The predicted octanol–water partition coefficient (Wildman–Crippen LogP) is 3.20. The van der Waals surface area contributed by atoms with Gasteiger partial charge in [0.2, 0.25) is 0 Å². The number of pyridine rings is 1. The van der Waals surface area contributed by atoms with Gasteiger partial charge in [-0.3, -0.25) is 14.5 Å². The summed E-state index contributed by atoms with van der Waals surface area (Å²) >= 11 is 3.28. The quantitative estimate of drug-likeness (QED) is 0.557. The Morgan fingerprint density at radius 2 is 1.90 bits per heavy atom. The van der Waals surface area contributed by atoms with Crippen LogP contribution in [-0.2, 0) is 16.4 Å². The minimum absolute atomic E-state index is 0.0379. The molecule has 0 aliphatic rings. The van der Waals surface area contributed by atoms with Crippen LogP contribution in [0.3, 0.4) is 0 Å². The first-order valence-corrected chi connectivity index (χ1v) is 10.8. The van der Waals surface area contributed by atoms with Gasteiger partial charge in [-0.05, 0) is 53.2 Å². The molecule has 0 aliphatic heterocycles. The molecule has 0 aliphatic carbocycles. The average molecular weight is 516 g/mol. The van der Waals surface area contributed by atoms with Gasteiger partial charge in [0.1, 0.15) is 16.6 Å². The van der Waals surface area contributed by atoms with Gasteiger partial charge in [-0.2, -0.15) is 23.5 Å². The number of halogens is 4. The molecule has 1 aromatic carbocycles. The lowest BCUT2D eigenvalue weighted by atomic mass is 10.0. The van der Waals surface area contributed by atoms with Gasteiger partial charge >= 0.3 is 5.51 Å². The summed E-state index contributed by atoms with van der Waals surface area (Å²) in [6, 6.07) is 6.96. The van der Waals surface area contributed by atoms with Gasteiger partial charge in [0, 0.05) is 16.2 Å². The minimum atomic E-state index is -5.52. The SMILES string of the molecule is CC(C#N)(Cn1cc2ncc(Br)cc2n1)NC(=O)c1ccc(S(=O)(=O)C(F)(F)F)cc1. The number of hydrogen-bond acceptors (Lipinski definition) is 6. The largest absolute Gasteiger partial charge is 0.501 e. The van der Waals surface area contributed by atoms with Crippen LogP contribution in [0.4, 0.5) is 13.2 Å². The van der Waals surface area contributed by atoms with E-state index in [-0.39, 0.29) is 12.1 Å². The van der Waals surface area contributed by atoms with E-state index in [9.17, 15) is 31.6 Å². The number of aromatic nitrogens is 3. The van der Waals surface area contributed by atoms with Crippen LogP contribution < -0.4 is 5.32 Å². The molecule has 13 heteroatoms. The number of hydrogen-bond donors (Lipinski definition) is 1. The molecule has 1 unspecified atom stereocenters. The summed E-state index contributed by atoms with van der Waals surface area (Å²) in [4.78, 5) is 15.7. The van der Waals surface area contributed by atoms with Crippen molar-refractivity contribution in [1.29, 1.82) is 5.26 Å². The first-order chi connectivity index (χ1) is 14.3. The highest BCUT2D eigenvalue weighted by molar-refractivity contribution is 9.10. The van der Waals surface area contributed by atoms with Crippen LogP contribution in [-0.4, -0.2) is 40.1 Å². The summed E-state index contributed by atoms with van der Waals surface area (Å²) in [6.45, 7) is 1.41. The smallest absolute Gasteiger partial charge is 0.332 e. The van der Waals surface area contributed by atoms with Gasteiger partial charge in [-0.25, -0.2) is 8.42 Å². The highest BCUT2D eigenvalue weighted by Gasteiger charge is 2.46. The molecular formula is C18H13BrF3N5O3S. The Balaban J connectivity index is 1.79. The standard InChI is InChI=1S/C18H13BrF3N5O3S/c1-17(9-23,10-27-8-15-14(26-27)6-12(19)7-24-15)25-16(28)11-2-4-13(5-3-11)31(29,30)18(20,21)22/h2-8H,10H2,1H3,(H,25,28). The lowest BCUT2D eigenvalue weighted by Crippen LogP contribution is -2.48. The van der Waals surface area contributed by atoms with E-state index in [2.05, 4.69) is 31.3 Å². The third kappa shape index (κ3) is 4.70. The second-order valence-electron chi connectivity index (χ2n) is 6.76. The molecule has 0 fully saturated rings. The number of nitriles is 1. The second-order valence-corrected chi connectivity index (χ2v) is 9.61. The van der Waals surface area contributed by atoms with E-state index < -0.39 is 31.7 Å². The van der Waals surface area contributed by atoms with Gasteiger partial charge in [0.25, 0.3) is 15.7 Å². The molecule has 1 N–H and O–H groups in total. The van der Waals surface area contributed by atoms with Crippen LogP contribution in [0.2, 0.25) is 0 Å². The number of fused-ring (bicyclic) bond motifs is 1. The monoisotopic (exact) mass is 515 g/mol. The third-order valence-corrected chi connectivity index (χ3v) is 6.15. The maximum Gasteiger partial charge on any atom is 0.501 e. The van der Waals surface area contributed by atoms with E-state index in [0.29, 0.717) is 23.2 Å². The average Bonchev–Trinajstić information content (AvgIpc) is 3.08. The number of amides is 1. The maximum absolute atomic E-state index is 12.6. The molecule has 0 spiro atoms. The third-order valence-electron chi connectivity index (χ3n) is 4.22. The van der Waals surface area contributed by atoms with Crippen molar-refractivity contribution < 1.29 is 26.4 Å². The number of sulfone groups is 1. The summed E-state index contributed by atoms with van der Waals surface area (Å²) < 4.78 is 62.9. The fourth-order valence-corrected chi connectivity index (χ4v) is 3.76.